The van der Waals surface area contributed by atoms with Gasteiger partial charge >= 0.3 is 6.03 Å². The minimum atomic E-state index is -0.595. The van der Waals surface area contributed by atoms with Crippen molar-refractivity contribution in [2.24, 2.45) is 0 Å². The fourth-order valence-corrected chi connectivity index (χ4v) is 3.71. The van der Waals surface area contributed by atoms with Crippen molar-refractivity contribution < 1.29 is 14.4 Å². The Morgan fingerprint density at radius 2 is 1.76 bits per heavy atom. The van der Waals surface area contributed by atoms with E-state index in [1.807, 2.05) is 18.2 Å². The summed E-state index contributed by atoms with van der Waals surface area (Å²) < 4.78 is 0. The lowest BCUT2D eigenvalue weighted by atomic mass is 9.94. The van der Waals surface area contributed by atoms with Crippen molar-refractivity contribution in [2.75, 3.05) is 18.5 Å². The summed E-state index contributed by atoms with van der Waals surface area (Å²) in [6.45, 7) is 1.51. The Balaban J connectivity index is 1.71. The molecule has 0 aromatic heterocycles. The number of hydrogen-bond donors (Lipinski definition) is 0. The van der Waals surface area contributed by atoms with Crippen LogP contribution in [0.3, 0.4) is 0 Å². The molecule has 6 nitrogen and oxygen atoms in total. The van der Waals surface area contributed by atoms with Crippen molar-refractivity contribution in [1.29, 1.82) is 0 Å². The number of nitrogens with zero attached hydrogens (tertiary/aromatic N) is 3. The van der Waals surface area contributed by atoms with E-state index >= 15 is 0 Å². The first-order valence-electron chi connectivity index (χ1n) is 8.96. The van der Waals surface area contributed by atoms with Gasteiger partial charge in [-0.3, -0.25) is 19.4 Å². The van der Waals surface area contributed by atoms with E-state index in [2.05, 4.69) is 0 Å². The number of amides is 4. The van der Waals surface area contributed by atoms with E-state index in [1.54, 1.807) is 31.0 Å². The van der Waals surface area contributed by atoms with Crippen LogP contribution < -0.4 is 4.90 Å². The van der Waals surface area contributed by atoms with Crippen molar-refractivity contribution in [3.05, 3.63) is 30.3 Å². The number of imide groups is 1. The second-order valence-electron chi connectivity index (χ2n) is 6.88. The standard InChI is InChI=1S/C19H25N3O3/c1-14-18(24)21(19(25)22(14)16-11-7-4-8-12-16)13-17(23)20(2)15-9-5-3-6-10-15/h4,7-8,11-12,14-15H,3,5-6,9-10,13H2,1-2H3/t14-/m0/s1. The van der Waals surface area contributed by atoms with Crippen LogP contribution in [-0.4, -0.2) is 53.3 Å². The number of urea groups is 1. The Labute approximate surface area is 148 Å². The zero-order chi connectivity index (χ0) is 18.0. The molecule has 0 radical (unpaired) electrons. The van der Waals surface area contributed by atoms with Gasteiger partial charge in [0.25, 0.3) is 5.91 Å². The van der Waals surface area contributed by atoms with E-state index in [-0.39, 0.29) is 24.4 Å². The van der Waals surface area contributed by atoms with Gasteiger partial charge in [-0.05, 0) is 31.9 Å². The molecule has 134 valence electrons. The van der Waals surface area contributed by atoms with Crippen molar-refractivity contribution in [2.45, 2.75) is 51.1 Å². The molecule has 1 aromatic carbocycles. The quantitative estimate of drug-likeness (QED) is 0.790. The summed E-state index contributed by atoms with van der Waals surface area (Å²) in [5.41, 5.74) is 0.670. The van der Waals surface area contributed by atoms with E-state index in [0.29, 0.717) is 5.69 Å². The Morgan fingerprint density at radius 1 is 1.12 bits per heavy atom. The largest absolute Gasteiger partial charge is 0.341 e. The van der Waals surface area contributed by atoms with Crippen molar-refractivity contribution in [1.82, 2.24) is 9.80 Å². The minimum absolute atomic E-state index is 0.171. The first kappa shape index (κ1) is 17.5. The number of carbonyl (C=O) groups is 3. The van der Waals surface area contributed by atoms with Crippen LogP contribution in [0.2, 0.25) is 0 Å². The van der Waals surface area contributed by atoms with E-state index in [9.17, 15) is 14.4 Å². The molecule has 0 bridgehead atoms. The number of anilines is 1. The Morgan fingerprint density at radius 3 is 2.40 bits per heavy atom. The fraction of sp³-hybridized carbons (Fsp3) is 0.526. The first-order valence-corrected chi connectivity index (χ1v) is 8.96. The van der Waals surface area contributed by atoms with E-state index in [4.69, 9.17) is 0 Å². The third-order valence-electron chi connectivity index (χ3n) is 5.29. The summed E-state index contributed by atoms with van der Waals surface area (Å²) in [5, 5.41) is 0. The Hall–Kier alpha value is -2.37. The number of benzene rings is 1. The number of hydrogen-bond acceptors (Lipinski definition) is 3. The second kappa shape index (κ2) is 7.25. The lowest BCUT2D eigenvalue weighted by Crippen LogP contribution is -2.46. The van der Waals surface area contributed by atoms with Crippen LogP contribution in [-0.2, 0) is 9.59 Å². The van der Waals surface area contributed by atoms with Crippen LogP contribution in [0.4, 0.5) is 10.5 Å². The van der Waals surface area contributed by atoms with Crippen LogP contribution in [0.15, 0.2) is 30.3 Å². The molecule has 0 N–H and O–H groups in total. The molecule has 4 amide bonds. The summed E-state index contributed by atoms with van der Waals surface area (Å²) in [6.07, 6.45) is 5.46. The molecule has 1 aliphatic heterocycles. The normalized spacial score (nSPS) is 21.8. The van der Waals surface area contributed by atoms with Gasteiger partial charge in [0.15, 0.2) is 0 Å². The lowest BCUT2D eigenvalue weighted by molar-refractivity contribution is -0.138. The van der Waals surface area contributed by atoms with Crippen molar-refractivity contribution in [3.63, 3.8) is 0 Å². The minimum Gasteiger partial charge on any atom is -0.341 e. The van der Waals surface area contributed by atoms with Crippen LogP contribution >= 0.6 is 0 Å². The molecular weight excluding hydrogens is 318 g/mol. The second-order valence-corrected chi connectivity index (χ2v) is 6.88. The number of para-hydroxylation sites is 1. The van der Waals surface area contributed by atoms with Gasteiger partial charge in [0.1, 0.15) is 12.6 Å². The predicted molar refractivity (Wildman–Crippen MR) is 95.1 cm³/mol. The number of carbonyl (C=O) groups excluding carboxylic acids is 3. The van der Waals surface area contributed by atoms with Gasteiger partial charge in [0.05, 0.1) is 0 Å². The molecule has 1 aromatic rings. The van der Waals surface area contributed by atoms with Crippen LogP contribution in [0.1, 0.15) is 39.0 Å². The third kappa shape index (κ3) is 3.38. The van der Waals surface area contributed by atoms with Gasteiger partial charge in [-0.1, -0.05) is 37.5 Å². The zero-order valence-electron chi connectivity index (χ0n) is 14.9. The van der Waals surface area contributed by atoms with Crippen molar-refractivity contribution >= 4 is 23.5 Å². The van der Waals surface area contributed by atoms with Gasteiger partial charge in [0, 0.05) is 18.8 Å². The smallest absolute Gasteiger partial charge is 0.332 e. The van der Waals surface area contributed by atoms with Crippen LogP contribution in [0.25, 0.3) is 0 Å². The number of rotatable bonds is 4. The lowest BCUT2D eigenvalue weighted by Gasteiger charge is -2.32. The average Bonchev–Trinajstić information content (AvgIpc) is 2.86. The molecule has 1 saturated carbocycles. The summed E-state index contributed by atoms with van der Waals surface area (Å²) in [6, 6.07) is 8.29. The maximum absolute atomic E-state index is 12.7. The van der Waals surface area contributed by atoms with E-state index < -0.39 is 12.1 Å². The molecule has 1 heterocycles. The van der Waals surface area contributed by atoms with Gasteiger partial charge in [-0.25, -0.2) is 4.79 Å². The molecule has 1 aliphatic carbocycles. The Bertz CT molecular complexity index is 655. The fourth-order valence-electron chi connectivity index (χ4n) is 3.71. The van der Waals surface area contributed by atoms with Gasteiger partial charge in [-0.2, -0.15) is 0 Å². The first-order chi connectivity index (χ1) is 12.0. The summed E-state index contributed by atoms with van der Waals surface area (Å²) in [7, 11) is 1.78. The molecule has 0 unspecified atom stereocenters. The summed E-state index contributed by atoms with van der Waals surface area (Å²) >= 11 is 0. The Kier molecular flexibility index (Phi) is 5.06. The SMILES string of the molecule is C[C@H]1C(=O)N(CC(=O)N(C)C2CCCCC2)C(=O)N1c1ccccc1. The monoisotopic (exact) mass is 343 g/mol. The molecular formula is C19H25N3O3. The van der Waals surface area contributed by atoms with Crippen molar-refractivity contribution in [3.8, 4) is 0 Å². The summed E-state index contributed by atoms with van der Waals surface area (Å²) in [5.74, 6) is -0.491. The summed E-state index contributed by atoms with van der Waals surface area (Å²) in [4.78, 5) is 42.1. The maximum atomic E-state index is 12.7. The number of likely N-dealkylation sites (N-methyl/N-ethyl adjacent to an activating group) is 1. The highest BCUT2D eigenvalue weighted by atomic mass is 16.2. The molecule has 1 saturated heterocycles. The predicted octanol–water partition coefficient (Wildman–Crippen LogP) is 2.63. The highest BCUT2D eigenvalue weighted by Crippen LogP contribution is 2.26. The average molecular weight is 343 g/mol. The molecule has 6 heteroatoms. The molecule has 1 atom stereocenters. The highest BCUT2D eigenvalue weighted by molar-refractivity contribution is 6.15. The molecule has 3 rings (SSSR count). The van der Waals surface area contributed by atoms with Gasteiger partial charge < -0.3 is 4.90 Å². The van der Waals surface area contributed by atoms with Crippen LogP contribution in [0.5, 0.6) is 0 Å². The third-order valence-corrected chi connectivity index (χ3v) is 5.29. The topological polar surface area (TPSA) is 60.9 Å². The van der Waals surface area contributed by atoms with E-state index in [1.165, 1.54) is 11.3 Å². The van der Waals surface area contributed by atoms with Gasteiger partial charge in [0.2, 0.25) is 5.91 Å². The van der Waals surface area contributed by atoms with Crippen LogP contribution in [0, 0.1) is 0 Å². The maximum Gasteiger partial charge on any atom is 0.332 e. The zero-order valence-corrected chi connectivity index (χ0v) is 14.9. The molecule has 25 heavy (non-hydrogen) atoms. The van der Waals surface area contributed by atoms with E-state index in [0.717, 1.165) is 30.6 Å². The molecule has 0 spiro atoms. The molecule has 2 fully saturated rings. The van der Waals surface area contributed by atoms with Gasteiger partial charge in [-0.15, -0.1) is 0 Å². The highest BCUT2D eigenvalue weighted by Gasteiger charge is 2.44. The molecule has 2 aliphatic rings.